The van der Waals surface area contributed by atoms with Crippen LogP contribution in [-0.4, -0.2) is 29.0 Å². The van der Waals surface area contributed by atoms with Gasteiger partial charge in [0.15, 0.2) is 0 Å². The molecule has 0 spiro atoms. The molecule has 2 aromatic rings. The number of carbonyl (C=O) groups is 1. The maximum atomic E-state index is 12.6. The lowest BCUT2D eigenvalue weighted by Crippen LogP contribution is -2.35. The molecule has 0 radical (unpaired) electrons. The van der Waals surface area contributed by atoms with Crippen molar-refractivity contribution in [2.45, 2.75) is 13.5 Å². The number of hydrogen-bond acceptors (Lipinski definition) is 4. The number of carbonyl (C=O) groups excluding carboxylic acids is 1. The van der Waals surface area contributed by atoms with Crippen molar-refractivity contribution in [1.82, 2.24) is 15.3 Å². The number of hydrogen-bond donors (Lipinski definition) is 1. The molecular formula is C15H18Cl2N4O. The van der Waals surface area contributed by atoms with Crippen LogP contribution in [0.5, 0.6) is 0 Å². The highest BCUT2D eigenvalue weighted by atomic mass is 35.5. The van der Waals surface area contributed by atoms with Crippen LogP contribution in [0.25, 0.3) is 0 Å². The number of anilines is 1. The Labute approximate surface area is 142 Å². The van der Waals surface area contributed by atoms with Crippen molar-refractivity contribution in [2.75, 3.05) is 18.0 Å². The van der Waals surface area contributed by atoms with E-state index in [1.807, 2.05) is 31.2 Å². The minimum Gasteiger partial charge on any atom is -0.311 e. The van der Waals surface area contributed by atoms with E-state index >= 15 is 0 Å². The van der Waals surface area contributed by atoms with Crippen molar-refractivity contribution < 1.29 is 4.79 Å². The Hall–Kier alpha value is -1.69. The third-order valence-electron chi connectivity index (χ3n) is 3.36. The lowest BCUT2D eigenvalue weighted by molar-refractivity contribution is 0.0982. The van der Waals surface area contributed by atoms with Crippen LogP contribution in [0.3, 0.4) is 0 Å². The third-order valence-corrected chi connectivity index (χ3v) is 3.36. The van der Waals surface area contributed by atoms with Crippen molar-refractivity contribution >= 4 is 36.4 Å². The molecule has 1 aromatic carbocycles. The number of fused-ring (bicyclic) bond motifs is 1. The van der Waals surface area contributed by atoms with Crippen LogP contribution in [0.2, 0.25) is 0 Å². The van der Waals surface area contributed by atoms with Gasteiger partial charge >= 0.3 is 0 Å². The van der Waals surface area contributed by atoms with Gasteiger partial charge in [-0.2, -0.15) is 0 Å². The quantitative estimate of drug-likeness (QED) is 0.865. The van der Waals surface area contributed by atoms with Crippen LogP contribution in [0.4, 0.5) is 5.69 Å². The molecular weight excluding hydrogens is 323 g/mol. The van der Waals surface area contributed by atoms with Gasteiger partial charge < -0.3 is 10.2 Å². The summed E-state index contributed by atoms with van der Waals surface area (Å²) in [6.45, 7) is 4.02. The van der Waals surface area contributed by atoms with E-state index in [4.69, 9.17) is 0 Å². The number of aromatic nitrogens is 2. The van der Waals surface area contributed by atoms with Gasteiger partial charge in [0.05, 0.1) is 11.9 Å². The molecule has 1 amide bonds. The first-order chi connectivity index (χ1) is 9.75. The molecule has 0 saturated carbocycles. The number of halogens is 2. The van der Waals surface area contributed by atoms with E-state index in [-0.39, 0.29) is 30.7 Å². The Morgan fingerprint density at radius 2 is 1.95 bits per heavy atom. The third kappa shape index (κ3) is 3.74. The second kappa shape index (κ2) is 8.08. The molecule has 22 heavy (non-hydrogen) atoms. The molecule has 0 saturated heterocycles. The van der Waals surface area contributed by atoms with E-state index in [0.717, 1.165) is 30.0 Å². The highest BCUT2D eigenvalue weighted by molar-refractivity contribution is 6.05. The van der Waals surface area contributed by atoms with Crippen LogP contribution in [0, 0.1) is 6.92 Å². The summed E-state index contributed by atoms with van der Waals surface area (Å²) in [5.74, 6) is -0.103. The van der Waals surface area contributed by atoms with Gasteiger partial charge in [-0.05, 0) is 18.6 Å². The summed E-state index contributed by atoms with van der Waals surface area (Å²) in [5.41, 5.74) is 3.26. The smallest absolute Gasteiger partial charge is 0.278 e. The number of nitrogens with one attached hydrogen (secondary N) is 1. The standard InChI is InChI=1S/C15H16N4O.2ClH/c1-11-8-18-13(10-17-11)15(20)19-7-6-16-9-12-4-2-3-5-14(12)19;;/h2-5,8,10,16H,6-7,9H2,1H3;2*1H. The van der Waals surface area contributed by atoms with Crippen LogP contribution in [0.1, 0.15) is 21.7 Å². The van der Waals surface area contributed by atoms with Crippen LogP contribution in [-0.2, 0) is 6.54 Å². The summed E-state index contributed by atoms with van der Waals surface area (Å²) < 4.78 is 0. The maximum Gasteiger partial charge on any atom is 0.278 e. The molecule has 3 rings (SSSR count). The molecule has 118 valence electrons. The Morgan fingerprint density at radius 3 is 2.68 bits per heavy atom. The van der Waals surface area contributed by atoms with E-state index in [0.29, 0.717) is 12.2 Å². The molecule has 0 unspecified atom stereocenters. The first-order valence-corrected chi connectivity index (χ1v) is 6.65. The Morgan fingerprint density at radius 1 is 1.18 bits per heavy atom. The van der Waals surface area contributed by atoms with E-state index < -0.39 is 0 Å². The fourth-order valence-electron chi connectivity index (χ4n) is 2.31. The Kier molecular flexibility index (Phi) is 6.74. The number of nitrogens with zero attached hydrogens (tertiary/aromatic N) is 3. The topological polar surface area (TPSA) is 58.1 Å². The molecule has 0 bridgehead atoms. The average Bonchev–Trinajstić information content (AvgIpc) is 2.69. The van der Waals surface area contributed by atoms with Crippen LogP contribution in [0.15, 0.2) is 36.7 Å². The molecule has 1 N–H and O–H groups in total. The van der Waals surface area contributed by atoms with Crippen LogP contribution < -0.4 is 10.2 Å². The number of rotatable bonds is 1. The second-order valence-corrected chi connectivity index (χ2v) is 4.81. The normalized spacial score (nSPS) is 13.2. The van der Waals surface area contributed by atoms with Crippen molar-refractivity contribution in [3.05, 3.63) is 53.6 Å². The number of amides is 1. The summed E-state index contributed by atoms with van der Waals surface area (Å²) in [7, 11) is 0. The minimum absolute atomic E-state index is 0. The van der Waals surface area contributed by atoms with E-state index in [2.05, 4.69) is 15.3 Å². The van der Waals surface area contributed by atoms with Crippen molar-refractivity contribution in [1.29, 1.82) is 0 Å². The molecule has 1 aliphatic heterocycles. The SMILES string of the molecule is Cc1cnc(C(=O)N2CCNCc3ccccc32)cn1.Cl.Cl. The number of para-hydroxylation sites is 1. The number of benzene rings is 1. The summed E-state index contributed by atoms with van der Waals surface area (Å²) in [5, 5.41) is 3.32. The Balaban J connectivity index is 0.00000121. The van der Waals surface area contributed by atoms with Gasteiger partial charge in [0.2, 0.25) is 0 Å². The zero-order valence-corrected chi connectivity index (χ0v) is 13.8. The molecule has 7 heteroatoms. The maximum absolute atomic E-state index is 12.6. The molecule has 0 fully saturated rings. The summed E-state index contributed by atoms with van der Waals surface area (Å²) in [4.78, 5) is 22.7. The van der Waals surface area contributed by atoms with Gasteiger partial charge in [-0.25, -0.2) is 4.98 Å². The first-order valence-electron chi connectivity index (χ1n) is 6.65. The molecule has 0 atom stereocenters. The van der Waals surface area contributed by atoms with Gasteiger partial charge in [0, 0.05) is 31.5 Å². The molecule has 2 heterocycles. The predicted molar refractivity (Wildman–Crippen MR) is 91.1 cm³/mol. The zero-order chi connectivity index (χ0) is 13.9. The summed E-state index contributed by atoms with van der Waals surface area (Å²) in [6.07, 6.45) is 3.16. The second-order valence-electron chi connectivity index (χ2n) is 4.81. The van der Waals surface area contributed by atoms with E-state index in [9.17, 15) is 4.79 Å². The van der Waals surface area contributed by atoms with Gasteiger partial charge in [0.25, 0.3) is 5.91 Å². The van der Waals surface area contributed by atoms with Gasteiger partial charge in [-0.3, -0.25) is 9.78 Å². The molecule has 5 nitrogen and oxygen atoms in total. The highest BCUT2D eigenvalue weighted by Gasteiger charge is 2.22. The fourth-order valence-corrected chi connectivity index (χ4v) is 2.31. The Bertz CT molecular complexity index is 634. The van der Waals surface area contributed by atoms with Crippen LogP contribution >= 0.6 is 24.8 Å². The van der Waals surface area contributed by atoms with Gasteiger partial charge in [-0.1, -0.05) is 18.2 Å². The van der Waals surface area contributed by atoms with Crippen molar-refractivity contribution in [2.24, 2.45) is 0 Å². The lowest BCUT2D eigenvalue weighted by Gasteiger charge is -2.21. The fraction of sp³-hybridized carbons (Fsp3) is 0.267. The first kappa shape index (κ1) is 18.4. The minimum atomic E-state index is -0.103. The number of aryl methyl sites for hydroxylation is 1. The van der Waals surface area contributed by atoms with Gasteiger partial charge in [0.1, 0.15) is 5.69 Å². The van der Waals surface area contributed by atoms with E-state index in [1.165, 1.54) is 0 Å². The van der Waals surface area contributed by atoms with E-state index in [1.54, 1.807) is 17.3 Å². The average molecular weight is 341 g/mol. The van der Waals surface area contributed by atoms with Crippen molar-refractivity contribution in [3.8, 4) is 0 Å². The summed E-state index contributed by atoms with van der Waals surface area (Å²) in [6, 6.07) is 7.95. The van der Waals surface area contributed by atoms with Gasteiger partial charge in [-0.15, -0.1) is 24.8 Å². The summed E-state index contributed by atoms with van der Waals surface area (Å²) >= 11 is 0. The van der Waals surface area contributed by atoms with Crippen molar-refractivity contribution in [3.63, 3.8) is 0 Å². The predicted octanol–water partition coefficient (Wildman–Crippen LogP) is 2.38. The molecule has 1 aromatic heterocycles. The monoisotopic (exact) mass is 340 g/mol. The largest absolute Gasteiger partial charge is 0.311 e. The highest BCUT2D eigenvalue weighted by Crippen LogP contribution is 2.23. The molecule has 0 aliphatic carbocycles. The zero-order valence-electron chi connectivity index (χ0n) is 12.2. The lowest BCUT2D eigenvalue weighted by atomic mass is 10.1. The molecule has 1 aliphatic rings.